The fourth-order valence-electron chi connectivity index (χ4n) is 2.94. The van der Waals surface area contributed by atoms with Gasteiger partial charge in [-0.25, -0.2) is 4.39 Å². The summed E-state index contributed by atoms with van der Waals surface area (Å²) in [6.07, 6.45) is 4.71. The van der Waals surface area contributed by atoms with Crippen LogP contribution < -0.4 is 10.1 Å². The minimum atomic E-state index is -0.454. The largest absolute Gasteiger partial charge is 0.494 e. The van der Waals surface area contributed by atoms with Crippen molar-refractivity contribution in [3.63, 3.8) is 0 Å². The molecule has 0 aliphatic heterocycles. The Hall–Kier alpha value is -1.62. The average molecular weight is 309 g/mol. The van der Waals surface area contributed by atoms with Gasteiger partial charge in [-0.3, -0.25) is 4.79 Å². The van der Waals surface area contributed by atoms with E-state index in [1.807, 2.05) is 0 Å². The molecule has 0 spiro atoms. The zero-order chi connectivity index (χ0) is 15.9. The molecule has 1 aliphatic rings. The Morgan fingerprint density at radius 3 is 2.82 bits per heavy atom. The van der Waals surface area contributed by atoms with Gasteiger partial charge in [0.2, 0.25) is 5.91 Å². The van der Waals surface area contributed by atoms with Crippen molar-refractivity contribution >= 4 is 5.91 Å². The predicted molar refractivity (Wildman–Crippen MR) is 82.2 cm³/mol. The van der Waals surface area contributed by atoms with Crippen molar-refractivity contribution in [3.05, 3.63) is 29.6 Å². The van der Waals surface area contributed by atoms with E-state index in [4.69, 9.17) is 4.74 Å². The number of amides is 1. The van der Waals surface area contributed by atoms with E-state index in [2.05, 4.69) is 5.32 Å². The zero-order valence-electron chi connectivity index (χ0n) is 13.0. The van der Waals surface area contributed by atoms with Gasteiger partial charge in [0, 0.05) is 13.0 Å². The first-order valence-electron chi connectivity index (χ1n) is 7.87. The van der Waals surface area contributed by atoms with Crippen LogP contribution in [0.4, 0.5) is 4.39 Å². The molecule has 1 saturated carbocycles. The van der Waals surface area contributed by atoms with Crippen LogP contribution in [0.5, 0.6) is 5.75 Å². The molecule has 0 radical (unpaired) electrons. The molecule has 1 aliphatic carbocycles. The number of carbonyl (C=O) groups is 1. The summed E-state index contributed by atoms with van der Waals surface area (Å²) in [6.45, 7) is 0.306. The molecule has 2 N–H and O–H groups in total. The summed E-state index contributed by atoms with van der Waals surface area (Å²) in [5.74, 6) is -0.0193. The molecule has 4 nitrogen and oxygen atoms in total. The lowest BCUT2D eigenvalue weighted by Crippen LogP contribution is -2.35. The molecule has 5 heteroatoms. The number of hydrogen-bond donors (Lipinski definition) is 2. The number of halogens is 1. The normalized spacial score (nSPS) is 16.5. The van der Waals surface area contributed by atoms with Gasteiger partial charge in [0.1, 0.15) is 0 Å². The van der Waals surface area contributed by atoms with Crippen LogP contribution in [0.1, 0.15) is 37.7 Å². The van der Waals surface area contributed by atoms with Crippen molar-refractivity contribution < 1.29 is 19.0 Å². The maximum absolute atomic E-state index is 13.5. The van der Waals surface area contributed by atoms with Gasteiger partial charge in [-0.2, -0.15) is 0 Å². The average Bonchev–Trinajstić information content (AvgIpc) is 3.05. The molecule has 1 aromatic carbocycles. The van der Waals surface area contributed by atoms with Gasteiger partial charge in [-0.15, -0.1) is 0 Å². The maximum atomic E-state index is 13.5. The molecular weight excluding hydrogens is 285 g/mol. The Balaban J connectivity index is 1.72. The molecule has 0 heterocycles. The molecule has 122 valence electrons. The molecule has 1 unspecified atom stereocenters. The van der Waals surface area contributed by atoms with E-state index in [1.165, 1.54) is 26.0 Å². The van der Waals surface area contributed by atoms with Crippen molar-refractivity contribution in [3.8, 4) is 5.75 Å². The minimum absolute atomic E-state index is 0.117. The smallest absolute Gasteiger partial charge is 0.220 e. The summed E-state index contributed by atoms with van der Waals surface area (Å²) in [6, 6.07) is 4.70. The van der Waals surface area contributed by atoms with Crippen molar-refractivity contribution in [2.45, 2.75) is 44.6 Å². The highest BCUT2D eigenvalue weighted by atomic mass is 19.1. The number of benzene rings is 1. The molecule has 0 bridgehead atoms. The van der Waals surface area contributed by atoms with Crippen LogP contribution in [0, 0.1) is 11.7 Å². The lowest BCUT2D eigenvalue weighted by Gasteiger charge is -2.18. The Morgan fingerprint density at radius 2 is 2.18 bits per heavy atom. The van der Waals surface area contributed by atoms with Gasteiger partial charge in [0.05, 0.1) is 13.2 Å². The maximum Gasteiger partial charge on any atom is 0.220 e. The summed E-state index contributed by atoms with van der Waals surface area (Å²) < 4.78 is 18.4. The van der Waals surface area contributed by atoms with Crippen molar-refractivity contribution in [2.75, 3.05) is 13.7 Å². The quantitative estimate of drug-likeness (QED) is 0.813. The van der Waals surface area contributed by atoms with Crippen molar-refractivity contribution in [1.29, 1.82) is 0 Å². The van der Waals surface area contributed by atoms with Gasteiger partial charge in [-0.1, -0.05) is 18.9 Å². The molecule has 1 amide bonds. The van der Waals surface area contributed by atoms with Gasteiger partial charge in [0.15, 0.2) is 11.6 Å². The number of methoxy groups -OCH3 is 1. The highest BCUT2D eigenvalue weighted by molar-refractivity contribution is 5.76. The summed E-state index contributed by atoms with van der Waals surface area (Å²) in [7, 11) is 1.42. The first-order chi connectivity index (χ1) is 10.6. The van der Waals surface area contributed by atoms with Crippen LogP contribution in [-0.4, -0.2) is 30.8 Å². The number of nitrogens with one attached hydrogen (secondary N) is 1. The van der Waals surface area contributed by atoms with Crippen LogP contribution >= 0.6 is 0 Å². The molecule has 1 aromatic rings. The molecule has 22 heavy (non-hydrogen) atoms. The Bertz CT molecular complexity index is 501. The van der Waals surface area contributed by atoms with Gasteiger partial charge in [-0.05, 0) is 42.9 Å². The third-order valence-electron chi connectivity index (χ3n) is 4.31. The zero-order valence-corrected chi connectivity index (χ0v) is 13.0. The molecule has 1 fully saturated rings. The summed E-state index contributed by atoms with van der Waals surface area (Å²) in [5.41, 5.74) is 0.754. The van der Waals surface area contributed by atoms with E-state index in [9.17, 15) is 14.3 Å². The molecule has 2 rings (SSSR count). The lowest BCUT2D eigenvalue weighted by atomic mass is 10.0. The van der Waals surface area contributed by atoms with Gasteiger partial charge >= 0.3 is 0 Å². The molecule has 0 saturated heterocycles. The van der Waals surface area contributed by atoms with E-state index in [1.54, 1.807) is 12.1 Å². The second-order valence-corrected chi connectivity index (χ2v) is 5.88. The van der Waals surface area contributed by atoms with Crippen molar-refractivity contribution in [2.24, 2.45) is 5.92 Å². The SMILES string of the molecule is COc1ccc(CCC(=O)NCC(O)C2CCCC2)cc1F. The van der Waals surface area contributed by atoms with Gasteiger partial charge < -0.3 is 15.2 Å². The number of ether oxygens (including phenoxy) is 1. The first-order valence-corrected chi connectivity index (χ1v) is 7.87. The number of aryl methyl sites for hydroxylation is 1. The Kier molecular flexibility index (Phi) is 6.19. The summed E-state index contributed by atoms with van der Waals surface area (Å²) >= 11 is 0. The molecule has 0 aromatic heterocycles. The highest BCUT2D eigenvalue weighted by Gasteiger charge is 2.23. The monoisotopic (exact) mass is 309 g/mol. The van der Waals surface area contributed by atoms with Crippen LogP contribution in [0.3, 0.4) is 0 Å². The van der Waals surface area contributed by atoms with E-state index < -0.39 is 11.9 Å². The van der Waals surface area contributed by atoms with Crippen LogP contribution in [0.2, 0.25) is 0 Å². The standard InChI is InChI=1S/C17H24FNO3/c1-22-16-8-6-12(10-14(16)18)7-9-17(21)19-11-15(20)13-4-2-3-5-13/h6,8,10,13,15,20H,2-5,7,9,11H2,1H3,(H,19,21). The third kappa shape index (κ3) is 4.70. The third-order valence-corrected chi connectivity index (χ3v) is 4.31. The second kappa shape index (κ2) is 8.13. The Labute approximate surface area is 130 Å². The summed E-state index contributed by atoms with van der Waals surface area (Å²) in [5, 5.41) is 12.8. The molecule has 1 atom stereocenters. The number of aliphatic hydroxyl groups excluding tert-OH is 1. The predicted octanol–water partition coefficient (Wildman–Crippen LogP) is 2.43. The van der Waals surface area contributed by atoms with Crippen LogP contribution in [0.15, 0.2) is 18.2 Å². The lowest BCUT2D eigenvalue weighted by molar-refractivity contribution is -0.121. The Morgan fingerprint density at radius 1 is 1.45 bits per heavy atom. The number of hydrogen-bond acceptors (Lipinski definition) is 3. The highest BCUT2D eigenvalue weighted by Crippen LogP contribution is 2.27. The van der Waals surface area contributed by atoms with Crippen molar-refractivity contribution in [1.82, 2.24) is 5.32 Å². The fraction of sp³-hybridized carbons (Fsp3) is 0.588. The number of rotatable bonds is 7. The second-order valence-electron chi connectivity index (χ2n) is 5.88. The van der Waals surface area contributed by atoms with E-state index in [-0.39, 0.29) is 18.1 Å². The van der Waals surface area contributed by atoms with Crippen LogP contribution in [0.25, 0.3) is 0 Å². The van der Waals surface area contributed by atoms with E-state index >= 15 is 0 Å². The number of carbonyl (C=O) groups excluding carboxylic acids is 1. The minimum Gasteiger partial charge on any atom is -0.494 e. The van der Waals surface area contributed by atoms with E-state index in [0.717, 1.165) is 18.4 Å². The fourth-order valence-corrected chi connectivity index (χ4v) is 2.94. The topological polar surface area (TPSA) is 58.6 Å². The van der Waals surface area contributed by atoms with Gasteiger partial charge in [0.25, 0.3) is 0 Å². The summed E-state index contributed by atoms with van der Waals surface area (Å²) in [4.78, 5) is 11.8. The number of aliphatic hydroxyl groups is 1. The molecular formula is C17H24FNO3. The van der Waals surface area contributed by atoms with Crippen LogP contribution in [-0.2, 0) is 11.2 Å². The first kappa shape index (κ1) is 16.7. The van der Waals surface area contributed by atoms with E-state index in [0.29, 0.717) is 18.9 Å².